The van der Waals surface area contributed by atoms with Crippen molar-refractivity contribution in [2.45, 2.75) is 95.3 Å². The van der Waals surface area contributed by atoms with E-state index in [9.17, 15) is 24.0 Å². The number of aryl methyl sites for hydroxylation is 1. The third kappa shape index (κ3) is 9.10. The van der Waals surface area contributed by atoms with Crippen LogP contribution in [-0.4, -0.2) is 64.2 Å². The lowest BCUT2D eigenvalue weighted by Gasteiger charge is -2.41. The Hall–Kier alpha value is -4.84. The Morgan fingerprint density at radius 2 is 1.57 bits per heavy atom. The zero-order valence-corrected chi connectivity index (χ0v) is 30.8. The van der Waals surface area contributed by atoms with Crippen molar-refractivity contribution in [1.29, 1.82) is 0 Å². The topological polar surface area (TPSA) is 143 Å². The van der Waals surface area contributed by atoms with Crippen LogP contribution in [0.2, 0.25) is 0 Å². The Balaban J connectivity index is 1.43. The Kier molecular flexibility index (Phi) is 11.1. The molecule has 0 radical (unpaired) electrons. The highest BCUT2D eigenvalue weighted by atomic mass is 32.1. The summed E-state index contributed by atoms with van der Waals surface area (Å²) in [7, 11) is 1.29. The van der Waals surface area contributed by atoms with Crippen LogP contribution in [0.15, 0.2) is 66.7 Å². The van der Waals surface area contributed by atoms with E-state index in [1.54, 1.807) is 46.8 Å². The van der Waals surface area contributed by atoms with Crippen molar-refractivity contribution < 1.29 is 33.4 Å². The fourth-order valence-electron chi connectivity index (χ4n) is 6.51. The summed E-state index contributed by atoms with van der Waals surface area (Å²) in [5.41, 5.74) is 4.21. The number of anilines is 1. The summed E-state index contributed by atoms with van der Waals surface area (Å²) in [6, 6.07) is 17.3. The van der Waals surface area contributed by atoms with Crippen LogP contribution in [0.25, 0.3) is 0 Å². The molecule has 3 N–H and O–H groups in total. The van der Waals surface area contributed by atoms with E-state index in [1.165, 1.54) is 41.8 Å². The number of hydrogen-bond acceptors (Lipinski definition) is 8. The number of carbonyl (C=O) groups excluding carboxylic acids is 5. The number of nitrogens with zero attached hydrogens (tertiary/aromatic N) is 1. The molecular weight excluding hydrogens is 669 g/mol. The Labute approximate surface area is 304 Å². The number of methoxy groups -OCH3 is 1. The van der Waals surface area contributed by atoms with Gasteiger partial charge in [0.2, 0.25) is 11.8 Å². The monoisotopic (exact) mass is 714 g/mol. The molecule has 4 amide bonds. The SMILES string of the molecule is COC(=O)c1ccc(C(=O)Nc2ccc3c(c2)CN(C(=O)[C@@H](NC(=O)OC(C)(C)C)C(C)(C)S)[C@H](C(=O)NC2CCCc4ccccc42)C3)cc1. The number of alkyl carbamates (subject to hydrolysis) is 1. The van der Waals surface area contributed by atoms with Gasteiger partial charge in [-0.25, -0.2) is 9.59 Å². The van der Waals surface area contributed by atoms with Gasteiger partial charge in [0, 0.05) is 29.0 Å². The number of carbonyl (C=O) groups is 5. The molecule has 1 aliphatic heterocycles. The van der Waals surface area contributed by atoms with E-state index in [4.69, 9.17) is 9.47 Å². The fraction of sp³-hybridized carbons (Fsp3) is 0.410. The van der Waals surface area contributed by atoms with Gasteiger partial charge < -0.3 is 30.3 Å². The molecule has 0 saturated heterocycles. The highest BCUT2D eigenvalue weighted by Gasteiger charge is 2.43. The molecule has 0 aromatic heterocycles. The molecule has 12 heteroatoms. The highest BCUT2D eigenvalue weighted by Crippen LogP contribution is 2.33. The first-order chi connectivity index (χ1) is 24.0. The van der Waals surface area contributed by atoms with E-state index < -0.39 is 46.3 Å². The molecule has 51 heavy (non-hydrogen) atoms. The molecule has 1 heterocycles. The molecule has 5 rings (SSSR count). The van der Waals surface area contributed by atoms with Crippen LogP contribution in [0.5, 0.6) is 0 Å². The number of thiol groups is 1. The summed E-state index contributed by atoms with van der Waals surface area (Å²) in [6.45, 7) is 8.67. The van der Waals surface area contributed by atoms with E-state index in [-0.39, 0.29) is 24.9 Å². The lowest BCUT2D eigenvalue weighted by Crippen LogP contribution is -2.62. The standard InChI is InChI=1S/C39H46N4O7S/c1-38(2,3)50-37(48)42-32(39(4,5)51)35(46)43-22-27-20-28(40-33(44)24-14-16-25(17-15-24)36(47)49-6)19-18-26(27)21-31(43)34(45)41-30-13-9-11-23-10-7-8-12-29(23)30/h7-8,10,12,14-20,30-32,51H,9,11,13,21-22H2,1-6H3,(H,40,44)(H,41,45)(H,42,48)/t30?,31-,32+/m0/s1. The number of esters is 1. The van der Waals surface area contributed by atoms with Crippen LogP contribution in [-0.2, 0) is 38.4 Å². The zero-order valence-electron chi connectivity index (χ0n) is 29.9. The van der Waals surface area contributed by atoms with Gasteiger partial charge in [-0.2, -0.15) is 12.6 Å². The highest BCUT2D eigenvalue weighted by molar-refractivity contribution is 7.81. The van der Waals surface area contributed by atoms with Crippen LogP contribution >= 0.6 is 12.6 Å². The largest absolute Gasteiger partial charge is 0.465 e. The molecule has 3 aromatic rings. The number of hydrogen-bond donors (Lipinski definition) is 4. The van der Waals surface area contributed by atoms with Gasteiger partial charge in [0.15, 0.2) is 0 Å². The first kappa shape index (κ1) is 37.4. The zero-order chi connectivity index (χ0) is 37.1. The molecule has 0 bridgehead atoms. The molecule has 0 fully saturated rings. The number of fused-ring (bicyclic) bond motifs is 2. The van der Waals surface area contributed by atoms with Gasteiger partial charge in [-0.15, -0.1) is 0 Å². The molecule has 3 atom stereocenters. The molecule has 270 valence electrons. The lowest BCUT2D eigenvalue weighted by molar-refractivity contribution is -0.144. The van der Waals surface area contributed by atoms with Gasteiger partial charge >= 0.3 is 12.1 Å². The summed E-state index contributed by atoms with van der Waals surface area (Å²) < 4.78 is 9.18. The molecular formula is C39H46N4O7S. The smallest absolute Gasteiger partial charge is 0.408 e. The fourth-order valence-corrected chi connectivity index (χ4v) is 6.69. The van der Waals surface area contributed by atoms with Crippen LogP contribution < -0.4 is 16.0 Å². The van der Waals surface area contributed by atoms with E-state index in [1.807, 2.05) is 24.3 Å². The molecule has 3 aromatic carbocycles. The Bertz CT molecular complexity index is 1810. The number of benzene rings is 3. The third-order valence-corrected chi connectivity index (χ3v) is 9.31. The maximum atomic E-state index is 14.5. The minimum Gasteiger partial charge on any atom is -0.465 e. The van der Waals surface area contributed by atoms with Crippen molar-refractivity contribution in [3.63, 3.8) is 0 Å². The Morgan fingerprint density at radius 3 is 2.24 bits per heavy atom. The molecule has 0 saturated carbocycles. The van der Waals surface area contributed by atoms with Gasteiger partial charge in [-0.1, -0.05) is 30.3 Å². The van der Waals surface area contributed by atoms with Crippen LogP contribution in [0.1, 0.15) is 96.5 Å². The number of ether oxygens (including phenoxy) is 2. The van der Waals surface area contributed by atoms with Crippen LogP contribution in [0.3, 0.4) is 0 Å². The van der Waals surface area contributed by atoms with Crippen molar-refractivity contribution in [2.24, 2.45) is 0 Å². The van der Waals surface area contributed by atoms with E-state index in [2.05, 4.69) is 34.6 Å². The van der Waals surface area contributed by atoms with Crippen molar-refractivity contribution in [3.8, 4) is 0 Å². The molecule has 1 unspecified atom stereocenters. The molecule has 11 nitrogen and oxygen atoms in total. The molecule has 2 aliphatic rings. The van der Waals surface area contributed by atoms with Gasteiger partial charge in [-0.05, 0) is 113 Å². The molecule has 0 spiro atoms. The van der Waals surface area contributed by atoms with Crippen molar-refractivity contribution >= 4 is 48.1 Å². The van der Waals surface area contributed by atoms with Crippen molar-refractivity contribution in [3.05, 3.63) is 100 Å². The number of rotatable bonds is 8. The predicted molar refractivity (Wildman–Crippen MR) is 197 cm³/mol. The summed E-state index contributed by atoms with van der Waals surface area (Å²) >= 11 is 4.69. The number of nitrogens with one attached hydrogen (secondary N) is 3. The predicted octanol–water partition coefficient (Wildman–Crippen LogP) is 5.77. The van der Waals surface area contributed by atoms with E-state index >= 15 is 0 Å². The first-order valence-electron chi connectivity index (χ1n) is 17.1. The Morgan fingerprint density at radius 1 is 0.882 bits per heavy atom. The quantitative estimate of drug-likeness (QED) is 0.171. The molecule has 1 aliphatic carbocycles. The summed E-state index contributed by atoms with van der Waals surface area (Å²) in [5.74, 6) is -1.68. The minimum atomic E-state index is -1.14. The normalized spacial score (nSPS) is 17.6. The average Bonchev–Trinajstić information content (AvgIpc) is 3.08. The summed E-state index contributed by atoms with van der Waals surface area (Å²) in [4.78, 5) is 68.1. The second kappa shape index (κ2) is 15.2. The average molecular weight is 715 g/mol. The van der Waals surface area contributed by atoms with Gasteiger partial charge in [0.1, 0.15) is 17.7 Å². The van der Waals surface area contributed by atoms with Gasteiger partial charge in [0.05, 0.1) is 18.7 Å². The second-order valence-electron chi connectivity index (χ2n) is 14.6. The van der Waals surface area contributed by atoms with Gasteiger partial charge in [0.25, 0.3) is 5.91 Å². The lowest BCUT2D eigenvalue weighted by atomic mass is 9.87. The van der Waals surface area contributed by atoms with E-state index in [0.29, 0.717) is 16.8 Å². The maximum Gasteiger partial charge on any atom is 0.408 e. The summed E-state index contributed by atoms with van der Waals surface area (Å²) in [6.07, 6.45) is 2.09. The summed E-state index contributed by atoms with van der Waals surface area (Å²) in [5, 5.41) is 8.83. The van der Waals surface area contributed by atoms with Crippen LogP contribution in [0, 0.1) is 0 Å². The minimum absolute atomic E-state index is 0.0431. The van der Waals surface area contributed by atoms with Crippen LogP contribution in [0.4, 0.5) is 10.5 Å². The second-order valence-corrected chi connectivity index (χ2v) is 15.7. The third-order valence-electron chi connectivity index (χ3n) is 9.05. The van der Waals surface area contributed by atoms with Crippen molar-refractivity contribution in [2.75, 3.05) is 12.4 Å². The maximum absolute atomic E-state index is 14.5. The van der Waals surface area contributed by atoms with Crippen molar-refractivity contribution in [1.82, 2.24) is 15.5 Å². The number of amides is 4. The van der Waals surface area contributed by atoms with E-state index in [0.717, 1.165) is 36.0 Å². The first-order valence-corrected chi connectivity index (χ1v) is 17.5. The van der Waals surface area contributed by atoms with Gasteiger partial charge in [-0.3, -0.25) is 14.4 Å².